The minimum atomic E-state index is 0.261. The summed E-state index contributed by atoms with van der Waals surface area (Å²) in [5, 5.41) is 2.15. The fourth-order valence-corrected chi connectivity index (χ4v) is 5.78. The van der Waals surface area contributed by atoms with Crippen molar-refractivity contribution in [3.05, 3.63) is 43.8 Å². The molecule has 0 aromatic carbocycles. The van der Waals surface area contributed by atoms with Gasteiger partial charge in [0.05, 0.1) is 35.9 Å². The van der Waals surface area contributed by atoms with Gasteiger partial charge in [-0.05, 0) is 48.3 Å². The molecule has 2 aromatic rings. The molecule has 3 nitrogen and oxygen atoms in total. The molecule has 2 aliphatic rings. The number of nitrogens with zero attached hydrogens (tertiary/aromatic N) is 1. The van der Waals surface area contributed by atoms with Crippen LogP contribution in [0, 0.1) is 5.92 Å². The van der Waals surface area contributed by atoms with E-state index in [2.05, 4.69) is 35.4 Å². The van der Waals surface area contributed by atoms with Gasteiger partial charge in [-0.1, -0.05) is 13.0 Å². The Hall–Kier alpha value is -1.17. The van der Waals surface area contributed by atoms with Crippen LogP contribution in [0.4, 0.5) is 0 Å². The predicted octanol–water partition coefficient (Wildman–Crippen LogP) is 2.48. The van der Waals surface area contributed by atoms with Crippen LogP contribution >= 0.6 is 22.7 Å². The Balaban J connectivity index is 1.36. The molecule has 1 atom stereocenters. The third-order valence-corrected chi connectivity index (χ3v) is 7.40. The molecule has 3 heterocycles. The largest absolute Gasteiger partial charge is 0.328 e. The molecule has 0 saturated carbocycles. The second kappa shape index (κ2) is 6.98. The van der Waals surface area contributed by atoms with E-state index in [1.807, 2.05) is 11.3 Å². The normalized spacial score (nSPS) is 21.7. The van der Waals surface area contributed by atoms with Gasteiger partial charge >= 0.3 is 0 Å². The Morgan fingerprint density at radius 1 is 1.38 bits per heavy atom. The molecule has 128 valence electrons. The van der Waals surface area contributed by atoms with Crippen LogP contribution in [0.1, 0.15) is 38.3 Å². The fraction of sp³-hybridized carbons (Fsp3) is 0.526. The van der Waals surface area contributed by atoms with Gasteiger partial charge < -0.3 is 9.80 Å². The molecule has 0 radical (unpaired) electrons. The maximum absolute atomic E-state index is 12.9. The number of carbonyl (C=O) groups excluding carboxylic acids is 1. The van der Waals surface area contributed by atoms with Crippen molar-refractivity contribution in [1.82, 2.24) is 4.90 Å². The van der Waals surface area contributed by atoms with Crippen molar-refractivity contribution in [3.63, 3.8) is 0 Å². The lowest BCUT2D eigenvalue weighted by Crippen LogP contribution is -3.13. The van der Waals surface area contributed by atoms with Crippen LogP contribution in [0.2, 0.25) is 0 Å². The van der Waals surface area contributed by atoms with Gasteiger partial charge in [-0.25, -0.2) is 0 Å². The first-order chi connectivity index (χ1) is 11.7. The third kappa shape index (κ3) is 3.44. The van der Waals surface area contributed by atoms with E-state index in [0.717, 1.165) is 56.4 Å². The molecule has 1 aliphatic heterocycles. The summed E-state index contributed by atoms with van der Waals surface area (Å²) in [5.74, 6) is 1.02. The lowest BCUT2D eigenvalue weighted by atomic mass is 9.90. The summed E-state index contributed by atoms with van der Waals surface area (Å²) < 4.78 is 0. The number of hydrogen-bond donors (Lipinski definition) is 1. The quantitative estimate of drug-likeness (QED) is 0.893. The minimum absolute atomic E-state index is 0.261. The van der Waals surface area contributed by atoms with E-state index < -0.39 is 0 Å². The number of fused-ring (bicyclic) bond motifs is 1. The lowest BCUT2D eigenvalue weighted by Gasteiger charge is -2.31. The van der Waals surface area contributed by atoms with Crippen LogP contribution in [-0.4, -0.2) is 37.0 Å². The summed E-state index contributed by atoms with van der Waals surface area (Å²) in [6.07, 6.45) is 3.58. The zero-order valence-corrected chi connectivity index (χ0v) is 15.8. The first-order valence-electron chi connectivity index (χ1n) is 8.96. The first kappa shape index (κ1) is 16.3. The zero-order valence-electron chi connectivity index (χ0n) is 14.2. The van der Waals surface area contributed by atoms with Crippen molar-refractivity contribution < 1.29 is 9.69 Å². The van der Waals surface area contributed by atoms with Gasteiger partial charge in [0.1, 0.15) is 6.54 Å². The molecule has 0 unspecified atom stereocenters. The monoisotopic (exact) mass is 361 g/mol. The van der Waals surface area contributed by atoms with Crippen LogP contribution in [-0.2, 0) is 19.4 Å². The second-order valence-electron chi connectivity index (χ2n) is 7.21. The SMILES string of the molecule is C[C@@H]1CCc2sc(C(=O)N3CC[NH+](Cc4cccs4)CC3)cc2C1. The number of rotatable bonds is 3. The number of hydrogen-bond acceptors (Lipinski definition) is 3. The first-order valence-corrected chi connectivity index (χ1v) is 10.7. The van der Waals surface area contributed by atoms with E-state index >= 15 is 0 Å². The molecule has 4 rings (SSSR count). The topological polar surface area (TPSA) is 24.8 Å². The minimum Gasteiger partial charge on any atom is -0.328 e. The molecule has 24 heavy (non-hydrogen) atoms. The van der Waals surface area contributed by atoms with Crippen LogP contribution in [0.5, 0.6) is 0 Å². The van der Waals surface area contributed by atoms with E-state index in [-0.39, 0.29) is 5.91 Å². The number of amides is 1. The highest BCUT2D eigenvalue weighted by atomic mass is 32.1. The maximum Gasteiger partial charge on any atom is 0.264 e. The number of thiophene rings is 2. The van der Waals surface area contributed by atoms with E-state index in [1.54, 1.807) is 16.2 Å². The van der Waals surface area contributed by atoms with Crippen molar-refractivity contribution in [1.29, 1.82) is 0 Å². The van der Waals surface area contributed by atoms with E-state index in [0.29, 0.717) is 0 Å². The second-order valence-corrected chi connectivity index (χ2v) is 9.37. The van der Waals surface area contributed by atoms with Crippen LogP contribution < -0.4 is 4.90 Å². The maximum atomic E-state index is 12.9. The Labute approximate surface area is 151 Å². The highest BCUT2D eigenvalue weighted by Gasteiger charge is 2.27. The molecule has 1 aliphatic carbocycles. The Kier molecular flexibility index (Phi) is 4.74. The van der Waals surface area contributed by atoms with Crippen LogP contribution in [0.15, 0.2) is 23.6 Å². The number of aryl methyl sites for hydroxylation is 1. The predicted molar refractivity (Wildman–Crippen MR) is 100 cm³/mol. The fourth-order valence-electron chi connectivity index (χ4n) is 3.83. The summed E-state index contributed by atoms with van der Waals surface area (Å²) in [6, 6.07) is 6.52. The molecule has 5 heteroatoms. The molecule has 2 aromatic heterocycles. The van der Waals surface area contributed by atoms with Gasteiger partial charge in [-0.2, -0.15) is 0 Å². The Bertz CT molecular complexity index is 699. The van der Waals surface area contributed by atoms with Crippen molar-refractivity contribution >= 4 is 28.6 Å². The Morgan fingerprint density at radius 2 is 2.21 bits per heavy atom. The van der Waals surface area contributed by atoms with E-state index in [4.69, 9.17) is 0 Å². The van der Waals surface area contributed by atoms with Crippen molar-refractivity contribution in [2.45, 2.75) is 32.7 Å². The molecule has 1 amide bonds. The smallest absolute Gasteiger partial charge is 0.264 e. The molecule has 1 saturated heterocycles. The van der Waals surface area contributed by atoms with Crippen LogP contribution in [0.25, 0.3) is 0 Å². The van der Waals surface area contributed by atoms with Gasteiger partial charge in [-0.3, -0.25) is 4.79 Å². The van der Waals surface area contributed by atoms with Crippen LogP contribution in [0.3, 0.4) is 0 Å². The highest BCUT2D eigenvalue weighted by molar-refractivity contribution is 7.14. The third-order valence-electron chi connectivity index (χ3n) is 5.30. The van der Waals surface area contributed by atoms with Gasteiger partial charge in [0.15, 0.2) is 0 Å². The summed E-state index contributed by atoms with van der Waals surface area (Å²) in [5.41, 5.74) is 1.43. The summed E-state index contributed by atoms with van der Waals surface area (Å²) in [7, 11) is 0. The highest BCUT2D eigenvalue weighted by Crippen LogP contribution is 2.32. The van der Waals surface area contributed by atoms with E-state index in [9.17, 15) is 4.79 Å². The molecule has 1 N–H and O–H groups in total. The number of piperazine rings is 1. The van der Waals surface area contributed by atoms with Crippen molar-refractivity contribution in [3.8, 4) is 0 Å². The average molecular weight is 362 g/mol. The van der Waals surface area contributed by atoms with Gasteiger partial charge in [0.2, 0.25) is 0 Å². The number of carbonyl (C=O) groups is 1. The molecule has 1 fully saturated rings. The summed E-state index contributed by atoms with van der Waals surface area (Å²) in [4.78, 5) is 20.4. The van der Waals surface area contributed by atoms with Gasteiger partial charge in [-0.15, -0.1) is 22.7 Å². The van der Waals surface area contributed by atoms with Crippen molar-refractivity contribution in [2.75, 3.05) is 26.2 Å². The summed E-state index contributed by atoms with van der Waals surface area (Å²) >= 11 is 3.58. The number of nitrogens with one attached hydrogen (secondary N) is 1. The van der Waals surface area contributed by atoms with Gasteiger partial charge in [0, 0.05) is 4.88 Å². The molecular weight excluding hydrogens is 336 g/mol. The number of quaternary nitrogens is 1. The van der Waals surface area contributed by atoms with Gasteiger partial charge in [0.25, 0.3) is 5.91 Å². The molecular formula is C19H25N2OS2+. The molecule has 0 bridgehead atoms. The molecule has 0 spiro atoms. The Morgan fingerprint density at radius 3 is 2.96 bits per heavy atom. The average Bonchev–Trinajstić information content (AvgIpc) is 3.24. The van der Waals surface area contributed by atoms with Crippen molar-refractivity contribution in [2.24, 2.45) is 5.92 Å². The summed E-state index contributed by atoms with van der Waals surface area (Å²) in [6.45, 7) is 7.32. The van der Waals surface area contributed by atoms with E-state index in [1.165, 1.54) is 21.7 Å². The zero-order chi connectivity index (χ0) is 16.5. The lowest BCUT2D eigenvalue weighted by molar-refractivity contribution is -0.917. The standard InChI is InChI=1S/C19H24N2OS2/c1-14-4-5-17-15(11-14)12-18(24-17)19(22)21-8-6-20(7-9-21)13-16-3-2-10-23-16/h2-3,10,12,14H,4-9,11,13H2,1H3/p+1/t14-/m1/s1.